The minimum Gasteiger partial charge on any atom is -0.355 e. The van der Waals surface area contributed by atoms with Gasteiger partial charge in [0.05, 0.1) is 16.3 Å². The van der Waals surface area contributed by atoms with E-state index in [-0.39, 0.29) is 0 Å². The van der Waals surface area contributed by atoms with Crippen LogP contribution >= 0.6 is 23.2 Å². The Morgan fingerprint density at radius 3 is 2.76 bits per heavy atom. The third-order valence-electron chi connectivity index (χ3n) is 2.26. The lowest BCUT2D eigenvalue weighted by molar-refractivity contribution is 0.712. The van der Waals surface area contributed by atoms with Crippen molar-refractivity contribution in [2.24, 2.45) is 10.1 Å². The lowest BCUT2D eigenvalue weighted by atomic mass is 10.2. The third-order valence-corrected chi connectivity index (χ3v) is 2.92. The monoisotopic (exact) mass is 270 g/mol. The minimum atomic E-state index is 0.571. The van der Waals surface area contributed by atoms with Gasteiger partial charge in [0.2, 0.25) is 5.96 Å². The number of guanidine groups is 1. The van der Waals surface area contributed by atoms with Crippen molar-refractivity contribution < 1.29 is 0 Å². The van der Waals surface area contributed by atoms with Crippen LogP contribution in [0.3, 0.4) is 0 Å². The maximum Gasteiger partial charge on any atom is 0.212 e. The summed E-state index contributed by atoms with van der Waals surface area (Å²) < 4.78 is 0. The Balaban J connectivity index is 2.03. The molecule has 1 heterocycles. The zero-order valence-electron chi connectivity index (χ0n) is 9.08. The molecule has 0 aliphatic carbocycles. The predicted octanol–water partition coefficient (Wildman–Crippen LogP) is 2.27. The molecular formula is C11H12Cl2N4. The SMILES string of the molecule is Clc1cccc(Cl)c1C=NNC1=NCCCN1. The van der Waals surface area contributed by atoms with Crippen LogP contribution in [0.15, 0.2) is 28.3 Å². The van der Waals surface area contributed by atoms with E-state index in [4.69, 9.17) is 23.2 Å². The van der Waals surface area contributed by atoms with Gasteiger partial charge < -0.3 is 5.32 Å². The summed E-state index contributed by atoms with van der Waals surface area (Å²) in [5, 5.41) is 8.29. The fraction of sp³-hybridized carbons (Fsp3) is 0.273. The Labute approximate surface area is 110 Å². The molecule has 0 unspecified atom stereocenters. The summed E-state index contributed by atoms with van der Waals surface area (Å²) in [6, 6.07) is 5.33. The zero-order valence-corrected chi connectivity index (χ0v) is 10.6. The molecule has 0 radical (unpaired) electrons. The fourth-order valence-corrected chi connectivity index (χ4v) is 1.89. The number of halogens is 2. The summed E-state index contributed by atoms with van der Waals surface area (Å²) >= 11 is 12.0. The molecule has 17 heavy (non-hydrogen) atoms. The molecule has 0 atom stereocenters. The molecule has 2 N–H and O–H groups in total. The predicted molar refractivity (Wildman–Crippen MR) is 72.1 cm³/mol. The summed E-state index contributed by atoms with van der Waals surface area (Å²) in [5.74, 6) is 0.677. The van der Waals surface area contributed by atoms with Crippen molar-refractivity contribution in [3.63, 3.8) is 0 Å². The molecule has 0 fully saturated rings. The van der Waals surface area contributed by atoms with Gasteiger partial charge in [-0.15, -0.1) is 0 Å². The third kappa shape index (κ3) is 3.35. The van der Waals surface area contributed by atoms with Gasteiger partial charge in [0, 0.05) is 18.7 Å². The van der Waals surface area contributed by atoms with Gasteiger partial charge in [0.1, 0.15) is 0 Å². The second-order valence-corrected chi connectivity index (χ2v) is 4.33. The standard InChI is InChI=1S/C11H12Cl2N4/c12-9-3-1-4-10(13)8(9)7-16-17-11-14-5-2-6-15-11/h1,3-4,7H,2,5-6H2,(H2,14,15,17). The van der Waals surface area contributed by atoms with Crippen LogP contribution in [-0.2, 0) is 0 Å². The number of hydrogen-bond donors (Lipinski definition) is 2. The number of aliphatic imine (C=N–C) groups is 1. The van der Waals surface area contributed by atoms with Crippen molar-refractivity contribution in [3.05, 3.63) is 33.8 Å². The second kappa shape index (κ2) is 5.89. The van der Waals surface area contributed by atoms with Crippen LogP contribution in [0.25, 0.3) is 0 Å². The normalized spacial score (nSPS) is 15.5. The number of benzene rings is 1. The van der Waals surface area contributed by atoms with Crippen molar-refractivity contribution in [2.75, 3.05) is 13.1 Å². The van der Waals surface area contributed by atoms with Crippen molar-refractivity contribution in [1.29, 1.82) is 0 Å². The largest absolute Gasteiger partial charge is 0.355 e. The number of nitrogens with zero attached hydrogens (tertiary/aromatic N) is 2. The van der Waals surface area contributed by atoms with E-state index in [0.717, 1.165) is 19.5 Å². The molecule has 4 nitrogen and oxygen atoms in total. The lowest BCUT2D eigenvalue weighted by Crippen LogP contribution is -2.38. The quantitative estimate of drug-likeness (QED) is 0.640. The molecule has 0 bridgehead atoms. The molecule has 0 aromatic heterocycles. The Morgan fingerprint density at radius 2 is 2.12 bits per heavy atom. The molecule has 2 rings (SSSR count). The van der Waals surface area contributed by atoms with Gasteiger partial charge in [-0.1, -0.05) is 29.3 Å². The molecule has 6 heteroatoms. The van der Waals surface area contributed by atoms with Crippen LogP contribution in [0.1, 0.15) is 12.0 Å². The van der Waals surface area contributed by atoms with Gasteiger partial charge in [-0.3, -0.25) is 4.99 Å². The molecule has 1 aromatic carbocycles. The van der Waals surface area contributed by atoms with Gasteiger partial charge in [0.15, 0.2) is 0 Å². The number of nitrogens with one attached hydrogen (secondary N) is 2. The van der Waals surface area contributed by atoms with Crippen molar-refractivity contribution in [2.45, 2.75) is 6.42 Å². The first kappa shape index (κ1) is 12.2. The first-order chi connectivity index (χ1) is 8.27. The number of hydrogen-bond acceptors (Lipinski definition) is 4. The molecule has 1 aromatic rings. The highest BCUT2D eigenvalue weighted by Gasteiger charge is 2.03. The summed E-state index contributed by atoms with van der Waals surface area (Å²) in [4.78, 5) is 4.22. The average Bonchev–Trinajstić information content (AvgIpc) is 2.34. The van der Waals surface area contributed by atoms with Crippen LogP contribution in [0.2, 0.25) is 10.0 Å². The lowest BCUT2D eigenvalue weighted by Gasteiger charge is -2.12. The van der Waals surface area contributed by atoms with Crippen LogP contribution in [0.4, 0.5) is 0 Å². The van der Waals surface area contributed by atoms with Crippen LogP contribution in [-0.4, -0.2) is 25.3 Å². The zero-order chi connectivity index (χ0) is 12.1. The van der Waals surface area contributed by atoms with Crippen LogP contribution < -0.4 is 10.7 Å². The van der Waals surface area contributed by atoms with Gasteiger partial charge in [-0.05, 0) is 18.6 Å². The van der Waals surface area contributed by atoms with E-state index >= 15 is 0 Å². The fourth-order valence-electron chi connectivity index (χ4n) is 1.40. The summed E-state index contributed by atoms with van der Waals surface area (Å²) in [6.45, 7) is 1.73. The molecule has 0 saturated carbocycles. The smallest absolute Gasteiger partial charge is 0.212 e. The number of hydrazone groups is 1. The van der Waals surface area contributed by atoms with E-state index in [2.05, 4.69) is 20.8 Å². The molecular weight excluding hydrogens is 259 g/mol. The second-order valence-electron chi connectivity index (χ2n) is 3.52. The Morgan fingerprint density at radius 1 is 1.35 bits per heavy atom. The first-order valence-corrected chi connectivity index (χ1v) is 6.04. The summed E-state index contributed by atoms with van der Waals surface area (Å²) in [7, 11) is 0. The Hall–Kier alpha value is -1.26. The summed E-state index contributed by atoms with van der Waals surface area (Å²) in [5.41, 5.74) is 3.51. The van der Waals surface area contributed by atoms with E-state index in [1.54, 1.807) is 24.4 Å². The molecule has 1 aliphatic heterocycles. The van der Waals surface area contributed by atoms with Gasteiger partial charge in [0.25, 0.3) is 0 Å². The highest BCUT2D eigenvalue weighted by molar-refractivity contribution is 6.38. The summed E-state index contributed by atoms with van der Waals surface area (Å²) in [6.07, 6.45) is 2.63. The molecule has 0 amide bonds. The van der Waals surface area contributed by atoms with E-state index in [9.17, 15) is 0 Å². The molecule has 90 valence electrons. The molecule has 0 saturated heterocycles. The van der Waals surface area contributed by atoms with Crippen molar-refractivity contribution in [3.8, 4) is 0 Å². The maximum absolute atomic E-state index is 6.00. The van der Waals surface area contributed by atoms with Gasteiger partial charge >= 0.3 is 0 Å². The van der Waals surface area contributed by atoms with Crippen molar-refractivity contribution >= 4 is 35.4 Å². The topological polar surface area (TPSA) is 48.8 Å². The maximum atomic E-state index is 6.00. The molecule has 0 spiro atoms. The van der Waals surface area contributed by atoms with E-state index in [1.807, 2.05) is 0 Å². The molecule has 1 aliphatic rings. The van der Waals surface area contributed by atoms with Gasteiger partial charge in [-0.25, -0.2) is 5.43 Å². The van der Waals surface area contributed by atoms with E-state index in [0.29, 0.717) is 21.6 Å². The minimum absolute atomic E-state index is 0.571. The Bertz CT molecular complexity index is 437. The Kier molecular flexibility index (Phi) is 4.23. The van der Waals surface area contributed by atoms with E-state index in [1.165, 1.54) is 0 Å². The van der Waals surface area contributed by atoms with Crippen LogP contribution in [0.5, 0.6) is 0 Å². The average molecular weight is 271 g/mol. The van der Waals surface area contributed by atoms with Crippen LogP contribution in [0, 0.1) is 0 Å². The first-order valence-electron chi connectivity index (χ1n) is 5.29. The highest BCUT2D eigenvalue weighted by Crippen LogP contribution is 2.21. The van der Waals surface area contributed by atoms with Crippen molar-refractivity contribution in [1.82, 2.24) is 10.7 Å². The van der Waals surface area contributed by atoms with E-state index < -0.39 is 0 Å². The highest BCUT2D eigenvalue weighted by atomic mass is 35.5. The number of rotatable bonds is 2. The van der Waals surface area contributed by atoms with Gasteiger partial charge in [-0.2, -0.15) is 5.10 Å².